The van der Waals surface area contributed by atoms with E-state index in [1.54, 1.807) is 11.3 Å². The van der Waals surface area contributed by atoms with Crippen molar-refractivity contribution in [1.82, 2.24) is 24.9 Å². The van der Waals surface area contributed by atoms with Gasteiger partial charge in [-0.05, 0) is 46.8 Å². The molecule has 0 fully saturated rings. The van der Waals surface area contributed by atoms with Crippen molar-refractivity contribution >= 4 is 42.3 Å². The first-order valence-corrected chi connectivity index (χ1v) is 16.2. The van der Waals surface area contributed by atoms with Crippen LogP contribution in [0.5, 0.6) is 0 Å². The summed E-state index contributed by atoms with van der Waals surface area (Å²) in [7, 11) is 0. The highest BCUT2D eigenvalue weighted by atomic mass is 32.1. The molecule has 220 valence electrons. The number of hydrogen-bond donors (Lipinski definition) is 0. The van der Waals surface area contributed by atoms with Crippen LogP contribution in [0.1, 0.15) is 0 Å². The van der Waals surface area contributed by atoms with Crippen LogP contribution in [0.2, 0.25) is 0 Å². The number of nitrogens with zero attached hydrogens (tertiary/aromatic N) is 5. The molecule has 4 heterocycles. The van der Waals surface area contributed by atoms with Crippen LogP contribution in [0, 0.1) is 0 Å². The molecule has 5 nitrogen and oxygen atoms in total. The Morgan fingerprint density at radius 1 is 0.362 bits per heavy atom. The lowest BCUT2D eigenvalue weighted by molar-refractivity contribution is 1.07. The van der Waals surface area contributed by atoms with Crippen LogP contribution in [0.25, 0.3) is 87.6 Å². The average Bonchev–Trinajstić information content (AvgIpc) is 3.53. The third kappa shape index (κ3) is 5.11. The van der Waals surface area contributed by atoms with Gasteiger partial charge in [-0.2, -0.15) is 0 Å². The Morgan fingerprint density at radius 2 is 0.957 bits per heavy atom. The van der Waals surface area contributed by atoms with Gasteiger partial charge in [0.2, 0.25) is 0 Å². The number of aromatic nitrogens is 5. The molecular formula is C41H25N5S. The van der Waals surface area contributed by atoms with Gasteiger partial charge in [0.15, 0.2) is 17.5 Å². The van der Waals surface area contributed by atoms with E-state index >= 15 is 0 Å². The number of benzene rings is 5. The lowest BCUT2D eigenvalue weighted by Gasteiger charge is -2.10. The Kier molecular flexibility index (Phi) is 6.58. The molecule has 9 rings (SSSR count). The highest BCUT2D eigenvalue weighted by molar-refractivity contribution is 7.25. The van der Waals surface area contributed by atoms with Crippen LogP contribution in [-0.4, -0.2) is 24.9 Å². The fourth-order valence-electron chi connectivity index (χ4n) is 6.01. The van der Waals surface area contributed by atoms with Gasteiger partial charge in [0.25, 0.3) is 0 Å². The lowest BCUT2D eigenvalue weighted by atomic mass is 9.99. The molecule has 0 bridgehead atoms. The van der Waals surface area contributed by atoms with Gasteiger partial charge in [-0.1, -0.05) is 109 Å². The van der Waals surface area contributed by atoms with Gasteiger partial charge >= 0.3 is 0 Å². The molecule has 0 unspecified atom stereocenters. The minimum Gasteiger partial charge on any atom is -0.254 e. The zero-order valence-electron chi connectivity index (χ0n) is 25.1. The highest BCUT2D eigenvalue weighted by Gasteiger charge is 2.14. The van der Waals surface area contributed by atoms with E-state index < -0.39 is 0 Å². The van der Waals surface area contributed by atoms with Gasteiger partial charge < -0.3 is 0 Å². The quantitative estimate of drug-likeness (QED) is 0.192. The molecule has 0 atom stereocenters. The zero-order chi connectivity index (χ0) is 31.2. The van der Waals surface area contributed by atoms with Crippen LogP contribution in [0.3, 0.4) is 0 Å². The summed E-state index contributed by atoms with van der Waals surface area (Å²) < 4.78 is 2.46. The molecule has 0 spiro atoms. The monoisotopic (exact) mass is 619 g/mol. The van der Waals surface area contributed by atoms with Crippen molar-refractivity contribution in [1.29, 1.82) is 0 Å². The van der Waals surface area contributed by atoms with E-state index in [4.69, 9.17) is 24.9 Å². The summed E-state index contributed by atoms with van der Waals surface area (Å²) in [6.07, 6.45) is 3.91. The topological polar surface area (TPSA) is 64.5 Å². The van der Waals surface area contributed by atoms with Gasteiger partial charge in [-0.25, -0.2) is 15.0 Å². The Morgan fingerprint density at radius 3 is 1.72 bits per heavy atom. The number of thiophene rings is 1. The Balaban J connectivity index is 1.08. The molecule has 9 aromatic rings. The first-order chi connectivity index (χ1) is 23.2. The molecule has 0 saturated heterocycles. The molecule has 4 aromatic heterocycles. The van der Waals surface area contributed by atoms with Gasteiger partial charge in [0.1, 0.15) is 0 Å². The fraction of sp³-hybridized carbons (Fsp3) is 0. The Hall–Kier alpha value is -6.11. The zero-order valence-corrected chi connectivity index (χ0v) is 25.9. The van der Waals surface area contributed by atoms with E-state index in [0.717, 1.165) is 50.0 Å². The van der Waals surface area contributed by atoms with Gasteiger partial charge in [0.05, 0.1) is 16.1 Å². The van der Waals surface area contributed by atoms with Crippen molar-refractivity contribution in [2.24, 2.45) is 0 Å². The maximum absolute atomic E-state index is 4.92. The average molecular weight is 620 g/mol. The smallest absolute Gasteiger partial charge is 0.164 e. The van der Waals surface area contributed by atoms with Crippen molar-refractivity contribution in [3.05, 3.63) is 152 Å². The molecule has 0 aliphatic heterocycles. The fourth-order valence-corrected chi connectivity index (χ4v) is 7.06. The first kappa shape index (κ1) is 27.2. The summed E-state index contributed by atoms with van der Waals surface area (Å²) in [5.41, 5.74) is 6.74. The van der Waals surface area contributed by atoms with E-state index in [-0.39, 0.29) is 0 Å². The molecule has 6 heteroatoms. The lowest BCUT2D eigenvalue weighted by Crippen LogP contribution is -2.00. The summed E-state index contributed by atoms with van der Waals surface area (Å²) in [6.45, 7) is 0. The predicted octanol–water partition coefficient (Wildman–Crippen LogP) is 10.5. The summed E-state index contributed by atoms with van der Waals surface area (Å²) in [5, 5.41) is 4.66. The Labute approximate surface area is 275 Å². The third-order valence-corrected chi connectivity index (χ3v) is 9.52. The van der Waals surface area contributed by atoms with Gasteiger partial charge in [-0.15, -0.1) is 11.3 Å². The van der Waals surface area contributed by atoms with E-state index in [1.165, 1.54) is 20.2 Å². The maximum Gasteiger partial charge on any atom is 0.164 e. The molecule has 0 N–H and O–H groups in total. The summed E-state index contributed by atoms with van der Waals surface area (Å²) in [4.78, 5) is 24.3. The van der Waals surface area contributed by atoms with E-state index in [2.05, 4.69) is 78.9 Å². The van der Waals surface area contributed by atoms with E-state index in [9.17, 15) is 0 Å². The summed E-state index contributed by atoms with van der Waals surface area (Å²) in [6, 6.07) is 47.8. The van der Waals surface area contributed by atoms with Crippen LogP contribution >= 0.6 is 11.3 Å². The largest absolute Gasteiger partial charge is 0.254 e. The number of rotatable bonds is 5. The normalized spacial score (nSPS) is 11.4. The van der Waals surface area contributed by atoms with Crippen LogP contribution in [0.15, 0.2) is 152 Å². The van der Waals surface area contributed by atoms with Crippen molar-refractivity contribution in [3.8, 4) is 56.7 Å². The van der Waals surface area contributed by atoms with Crippen molar-refractivity contribution in [3.63, 3.8) is 0 Å². The molecule has 47 heavy (non-hydrogen) atoms. The SMILES string of the molecule is c1ccc(-c2nc(-c3ccccc3)nc(-c3cccc(-c4ccc5cc(-c6cc7c(cn6)sc6ccccc67)ncc5c4)c3)n2)cc1. The van der Waals surface area contributed by atoms with Crippen molar-refractivity contribution in [2.75, 3.05) is 0 Å². The number of hydrogen-bond acceptors (Lipinski definition) is 6. The number of pyridine rings is 2. The van der Waals surface area contributed by atoms with Gasteiger partial charge in [-0.3, -0.25) is 9.97 Å². The summed E-state index contributed by atoms with van der Waals surface area (Å²) in [5.74, 6) is 1.93. The van der Waals surface area contributed by atoms with Crippen LogP contribution in [0.4, 0.5) is 0 Å². The molecule has 0 aliphatic carbocycles. The second-order valence-corrected chi connectivity index (χ2v) is 12.5. The standard InChI is InChI=1S/C41H25N5S/c1-3-10-26(11-4-1)39-44-40(27-12-5-2-6-13-27)46-41(45-39)31-15-9-14-28(20-31)29-18-19-30-22-35(42-24-32(30)21-29)36-23-34-33-16-7-8-17-37(33)47-38(34)25-43-36/h1-25H. The molecule has 0 aliphatic rings. The molecule has 5 aromatic carbocycles. The second-order valence-electron chi connectivity index (χ2n) is 11.4. The van der Waals surface area contributed by atoms with Crippen LogP contribution in [-0.2, 0) is 0 Å². The summed E-state index contributed by atoms with van der Waals surface area (Å²) >= 11 is 1.77. The molecule has 0 radical (unpaired) electrons. The predicted molar refractivity (Wildman–Crippen MR) is 193 cm³/mol. The minimum absolute atomic E-state index is 0.634. The molecular weight excluding hydrogens is 595 g/mol. The van der Waals surface area contributed by atoms with Gasteiger partial charge in [0, 0.05) is 49.9 Å². The third-order valence-electron chi connectivity index (χ3n) is 8.40. The minimum atomic E-state index is 0.634. The van der Waals surface area contributed by atoms with E-state index in [1.807, 2.05) is 73.1 Å². The second kappa shape index (κ2) is 11.4. The molecule has 0 amide bonds. The number of fused-ring (bicyclic) bond motifs is 4. The maximum atomic E-state index is 4.92. The van der Waals surface area contributed by atoms with Crippen LogP contribution < -0.4 is 0 Å². The Bertz CT molecular complexity index is 2520. The highest BCUT2D eigenvalue weighted by Crippen LogP contribution is 2.36. The van der Waals surface area contributed by atoms with E-state index in [0.29, 0.717) is 17.5 Å². The first-order valence-electron chi connectivity index (χ1n) is 15.4. The molecule has 0 saturated carbocycles. The van der Waals surface area contributed by atoms with Crippen molar-refractivity contribution in [2.45, 2.75) is 0 Å². The van der Waals surface area contributed by atoms with Crippen molar-refractivity contribution < 1.29 is 0 Å².